The fourth-order valence-electron chi connectivity index (χ4n) is 4.47. The average molecular weight is 614 g/mol. The molecule has 0 saturated heterocycles. The van der Waals surface area contributed by atoms with Crippen LogP contribution in [0.25, 0.3) is 5.69 Å². The first kappa shape index (κ1) is 30.5. The maximum absolute atomic E-state index is 14.4. The average Bonchev–Trinajstić information content (AvgIpc) is 3.26. The number of benzene rings is 2. The molecule has 0 saturated carbocycles. The zero-order valence-corrected chi connectivity index (χ0v) is 21.9. The summed E-state index contributed by atoms with van der Waals surface area (Å²) in [7, 11) is 0. The molecule has 0 bridgehead atoms. The van der Waals surface area contributed by atoms with Crippen LogP contribution in [0.15, 0.2) is 36.4 Å². The van der Waals surface area contributed by atoms with Crippen LogP contribution in [0.5, 0.6) is 5.75 Å². The van der Waals surface area contributed by atoms with Crippen molar-refractivity contribution in [2.75, 3.05) is 13.2 Å². The van der Waals surface area contributed by atoms with Gasteiger partial charge in [0.25, 0.3) is 0 Å². The summed E-state index contributed by atoms with van der Waals surface area (Å²) in [6.07, 6.45) is -14.5. The van der Waals surface area contributed by atoms with Gasteiger partial charge in [-0.1, -0.05) is 12.1 Å². The fraction of sp³-hybridized carbons (Fsp3) is 0.400. The Kier molecular flexibility index (Phi) is 8.24. The highest BCUT2D eigenvalue weighted by atomic mass is 35.5. The van der Waals surface area contributed by atoms with Crippen molar-refractivity contribution in [1.29, 1.82) is 0 Å². The lowest BCUT2D eigenvalue weighted by Crippen LogP contribution is -2.20. The molecule has 2 aromatic carbocycles. The van der Waals surface area contributed by atoms with E-state index in [9.17, 15) is 39.9 Å². The molecule has 0 fully saturated rings. The van der Waals surface area contributed by atoms with Crippen molar-refractivity contribution >= 4 is 17.6 Å². The number of alkyl halides is 9. The van der Waals surface area contributed by atoms with E-state index in [-0.39, 0.29) is 13.2 Å². The summed E-state index contributed by atoms with van der Waals surface area (Å²) in [5.41, 5.74) is -4.45. The number of aromatic nitrogens is 3. The van der Waals surface area contributed by atoms with E-state index in [0.717, 1.165) is 24.3 Å². The van der Waals surface area contributed by atoms with Gasteiger partial charge < -0.3 is 14.2 Å². The van der Waals surface area contributed by atoms with Crippen LogP contribution in [0.3, 0.4) is 0 Å². The summed E-state index contributed by atoms with van der Waals surface area (Å²) < 4.78 is 130. The minimum Gasteiger partial charge on any atom is -0.493 e. The third-order valence-electron chi connectivity index (χ3n) is 5.99. The molecule has 2 heterocycles. The number of ether oxygens (including phenoxy) is 3. The van der Waals surface area contributed by atoms with Gasteiger partial charge in [-0.05, 0) is 49.7 Å². The second kappa shape index (κ2) is 11.1. The molecule has 1 aliphatic rings. The Balaban J connectivity index is 2.09. The van der Waals surface area contributed by atoms with Crippen molar-refractivity contribution < 1.29 is 54.1 Å². The molecule has 3 aromatic rings. The van der Waals surface area contributed by atoms with Crippen molar-refractivity contribution in [1.82, 2.24) is 14.8 Å². The minimum atomic E-state index is -5.10. The monoisotopic (exact) mass is 613 g/mol. The van der Waals surface area contributed by atoms with Crippen LogP contribution in [0.4, 0.5) is 35.1 Å². The van der Waals surface area contributed by atoms with E-state index in [1.165, 1.54) is 13.8 Å². The van der Waals surface area contributed by atoms with Gasteiger partial charge in [0.05, 0.1) is 30.9 Å². The summed E-state index contributed by atoms with van der Waals surface area (Å²) >= 11 is 5.22. The molecule has 1 aromatic heterocycles. The van der Waals surface area contributed by atoms with E-state index in [2.05, 4.69) is 10.2 Å². The third-order valence-corrected chi connectivity index (χ3v) is 6.16. The maximum atomic E-state index is 14.4. The number of halogens is 9. The fourth-order valence-corrected chi connectivity index (χ4v) is 4.59. The molecule has 2 atom stereocenters. The van der Waals surface area contributed by atoms with E-state index in [4.69, 9.17) is 25.8 Å². The number of hydrogen-bond donors (Lipinski definition) is 0. The molecule has 41 heavy (non-hydrogen) atoms. The Bertz CT molecular complexity index is 1440. The molecular formula is C25H20ClF8N3O4. The topological polar surface area (TPSA) is 75.5 Å². The van der Waals surface area contributed by atoms with Crippen molar-refractivity contribution in [2.45, 2.75) is 50.2 Å². The quantitative estimate of drug-likeness (QED) is 0.161. The Morgan fingerprint density at radius 3 is 2.27 bits per heavy atom. The van der Waals surface area contributed by atoms with Gasteiger partial charge in [0, 0.05) is 11.1 Å². The van der Waals surface area contributed by atoms with Crippen LogP contribution >= 0.6 is 11.6 Å². The van der Waals surface area contributed by atoms with Gasteiger partial charge >= 0.3 is 23.7 Å². The van der Waals surface area contributed by atoms with Crippen molar-refractivity contribution in [2.24, 2.45) is 0 Å². The van der Waals surface area contributed by atoms with Crippen LogP contribution in [-0.2, 0) is 32.0 Å². The number of carbonyl (C=O) groups excluding carboxylic acids is 1. The zero-order valence-electron chi connectivity index (χ0n) is 21.1. The largest absolute Gasteiger partial charge is 0.493 e. The summed E-state index contributed by atoms with van der Waals surface area (Å²) in [5.74, 6) is -3.38. The molecule has 16 heteroatoms. The van der Waals surface area contributed by atoms with Gasteiger partial charge in [-0.2, -0.15) is 35.1 Å². The zero-order chi connectivity index (χ0) is 30.3. The van der Waals surface area contributed by atoms with E-state index in [0.29, 0.717) is 16.7 Å². The van der Waals surface area contributed by atoms with Crippen LogP contribution in [0.2, 0.25) is 0 Å². The van der Waals surface area contributed by atoms with Gasteiger partial charge in [0.1, 0.15) is 23.5 Å². The second-order valence-electron chi connectivity index (χ2n) is 8.65. The molecule has 0 spiro atoms. The number of rotatable bonds is 7. The van der Waals surface area contributed by atoms with Gasteiger partial charge in [0.15, 0.2) is 5.82 Å². The molecule has 0 unspecified atom stereocenters. The second-order valence-corrected chi connectivity index (χ2v) is 9.13. The van der Waals surface area contributed by atoms with Crippen molar-refractivity contribution in [3.05, 3.63) is 70.3 Å². The number of esters is 1. The molecule has 0 amide bonds. The summed E-state index contributed by atoms with van der Waals surface area (Å²) in [6.45, 7) is 2.59. The standard InChI is InChI=1S/C25H20ClF8N3O4/c1-3-39-16-7-5-6-13(19(16)25(32,33)34)20-14-10-12(24(29,30)31)8-9-15(14)37-21(35-36-22(37)23(26,27)28)17(41-20)11-18(38)40-4-2/h5-10,17,20H,3-4,11H2,1-2H3/t17-,20-/m1/s1. The molecule has 0 aliphatic carbocycles. The normalized spacial score (nSPS) is 17.4. The highest BCUT2D eigenvalue weighted by Gasteiger charge is 2.46. The highest BCUT2D eigenvalue weighted by Crippen LogP contribution is 2.49. The first-order chi connectivity index (χ1) is 19.1. The van der Waals surface area contributed by atoms with Gasteiger partial charge in [0.2, 0.25) is 5.82 Å². The van der Waals surface area contributed by atoms with E-state index in [1.54, 1.807) is 0 Å². The van der Waals surface area contributed by atoms with E-state index < -0.39 is 87.7 Å². The summed E-state index contributed by atoms with van der Waals surface area (Å²) in [6, 6.07) is 4.90. The number of carbonyl (C=O) groups is 1. The van der Waals surface area contributed by atoms with E-state index >= 15 is 0 Å². The van der Waals surface area contributed by atoms with Crippen LogP contribution in [-0.4, -0.2) is 33.9 Å². The maximum Gasteiger partial charge on any atom is 0.420 e. The summed E-state index contributed by atoms with van der Waals surface area (Å²) in [4.78, 5) is 12.4. The molecule has 1 aliphatic heterocycles. The lowest BCUT2D eigenvalue weighted by Gasteiger charge is -2.26. The first-order valence-electron chi connectivity index (χ1n) is 12.0. The summed E-state index contributed by atoms with van der Waals surface area (Å²) in [5, 5.41) is 2.76. The number of fused-ring (bicyclic) bond motifs is 3. The molecule has 222 valence electrons. The van der Waals surface area contributed by atoms with Gasteiger partial charge in [-0.3, -0.25) is 9.36 Å². The van der Waals surface area contributed by atoms with Crippen LogP contribution in [0, 0.1) is 0 Å². The van der Waals surface area contributed by atoms with Gasteiger partial charge in [-0.15, -0.1) is 10.2 Å². The van der Waals surface area contributed by atoms with Crippen LogP contribution in [0.1, 0.15) is 66.4 Å². The lowest BCUT2D eigenvalue weighted by molar-refractivity contribution is -0.149. The molecule has 7 nitrogen and oxygen atoms in total. The molecular weight excluding hydrogens is 594 g/mol. The predicted octanol–water partition coefficient (Wildman–Crippen LogP) is 7.11. The predicted molar refractivity (Wildman–Crippen MR) is 126 cm³/mol. The number of nitrogens with zero attached hydrogens (tertiary/aromatic N) is 3. The highest BCUT2D eigenvalue weighted by molar-refractivity contribution is 6.21. The van der Waals surface area contributed by atoms with E-state index in [1.807, 2.05) is 0 Å². The Labute approximate surface area is 232 Å². The first-order valence-corrected chi connectivity index (χ1v) is 12.3. The lowest BCUT2D eigenvalue weighted by atomic mass is 9.93. The molecule has 0 radical (unpaired) electrons. The third kappa shape index (κ3) is 6.10. The van der Waals surface area contributed by atoms with Crippen molar-refractivity contribution in [3.8, 4) is 11.4 Å². The van der Waals surface area contributed by atoms with Gasteiger partial charge in [-0.25, -0.2) is 0 Å². The van der Waals surface area contributed by atoms with Crippen LogP contribution < -0.4 is 4.74 Å². The Morgan fingerprint density at radius 1 is 0.976 bits per heavy atom. The smallest absolute Gasteiger partial charge is 0.420 e. The Hall–Kier alpha value is -3.46. The van der Waals surface area contributed by atoms with Crippen molar-refractivity contribution in [3.63, 3.8) is 0 Å². The molecule has 4 rings (SSSR count). The Morgan fingerprint density at radius 2 is 1.68 bits per heavy atom. The number of hydrogen-bond acceptors (Lipinski definition) is 6. The molecule has 0 N–H and O–H groups in total. The minimum absolute atomic E-state index is 0.115. The SMILES string of the molecule is CCOC(=O)C[C@H]1O[C@H](c2cccc(OCC)c2C(F)(F)F)c2cc(C(F)(F)F)ccc2-n2c1nnc2C(F)(F)Cl.